The van der Waals surface area contributed by atoms with Gasteiger partial charge in [-0.3, -0.25) is 10.2 Å². The maximum atomic E-state index is 12.9. The Morgan fingerprint density at radius 2 is 1.97 bits per heavy atom. The Morgan fingerprint density at radius 1 is 1.23 bits per heavy atom. The van der Waals surface area contributed by atoms with Crippen molar-refractivity contribution in [2.75, 3.05) is 36.5 Å². The van der Waals surface area contributed by atoms with E-state index < -0.39 is 0 Å². The van der Waals surface area contributed by atoms with Crippen LogP contribution in [-0.4, -0.2) is 47.7 Å². The van der Waals surface area contributed by atoms with Gasteiger partial charge in [0.25, 0.3) is 5.91 Å². The predicted octanol–water partition coefficient (Wildman–Crippen LogP) is 5.87. The molecule has 162 valence electrons. The van der Waals surface area contributed by atoms with Crippen molar-refractivity contribution < 1.29 is 4.79 Å². The van der Waals surface area contributed by atoms with E-state index in [1.807, 2.05) is 48.2 Å². The van der Waals surface area contributed by atoms with Gasteiger partial charge in [-0.05, 0) is 53.5 Å². The Bertz CT molecular complexity index is 1140. The monoisotopic (exact) mass is 519 g/mol. The molecule has 1 aliphatic heterocycles. The smallest absolute Gasteiger partial charge is 0.255 e. The first-order valence-electron chi connectivity index (χ1n) is 10.1. The maximum Gasteiger partial charge on any atom is 0.255 e. The second kappa shape index (κ2) is 9.54. The van der Waals surface area contributed by atoms with Gasteiger partial charge in [-0.15, -0.1) is 0 Å². The molecule has 0 radical (unpaired) electrons. The number of carbonyl (C=O) groups excluding carboxylic acids is 1. The van der Waals surface area contributed by atoms with Crippen molar-refractivity contribution in [2.45, 2.75) is 20.3 Å². The van der Waals surface area contributed by atoms with Crippen LogP contribution >= 0.6 is 38.9 Å². The van der Waals surface area contributed by atoms with Crippen LogP contribution in [0, 0.1) is 0 Å². The normalized spacial score (nSPS) is 14.9. The van der Waals surface area contributed by atoms with Crippen LogP contribution in [0.5, 0.6) is 0 Å². The zero-order chi connectivity index (χ0) is 22.0. The van der Waals surface area contributed by atoms with E-state index in [4.69, 9.17) is 16.6 Å². The maximum absolute atomic E-state index is 12.9. The number of halogens is 2. The molecule has 1 fully saturated rings. The zero-order valence-corrected chi connectivity index (χ0v) is 20.5. The summed E-state index contributed by atoms with van der Waals surface area (Å²) in [6.45, 7) is 6.70. The number of nitrogens with zero attached hydrogens (tertiary/aromatic N) is 4. The molecule has 3 aromatic rings. The highest BCUT2D eigenvalue weighted by molar-refractivity contribution is 9.10. The molecule has 0 spiro atoms. The second-order valence-electron chi connectivity index (χ2n) is 7.33. The molecule has 9 heteroatoms. The summed E-state index contributed by atoms with van der Waals surface area (Å²) < 4.78 is 1.87. The highest BCUT2D eigenvalue weighted by Gasteiger charge is 2.26. The van der Waals surface area contributed by atoms with E-state index in [0.29, 0.717) is 36.8 Å². The quantitative estimate of drug-likeness (QED) is 0.337. The first-order valence-corrected chi connectivity index (χ1v) is 12.1. The highest BCUT2D eigenvalue weighted by atomic mass is 79.9. The van der Waals surface area contributed by atoms with E-state index in [2.05, 4.69) is 38.3 Å². The van der Waals surface area contributed by atoms with Crippen LogP contribution in [0.3, 0.4) is 0 Å². The molecule has 1 amide bonds. The standard InChI is InChI=1S/C22H23BrClN5OS/c1-3-14(2)26-27-22-25-19-18(31-22)9-8-17(24)20(19)28-10-12-29(13-11-28)21(30)15-6-4-5-7-16(15)23/h4-9H,3,10-13H2,1-2H3,(H,25,27)/b26-14+. The summed E-state index contributed by atoms with van der Waals surface area (Å²) in [5.41, 5.74) is 6.56. The number of nitrogens with one attached hydrogen (secondary N) is 1. The van der Waals surface area contributed by atoms with Crippen LogP contribution in [0.1, 0.15) is 30.6 Å². The van der Waals surface area contributed by atoms with Gasteiger partial charge in [0.05, 0.1) is 21.0 Å². The number of anilines is 2. The fraction of sp³-hybridized carbons (Fsp3) is 0.318. The summed E-state index contributed by atoms with van der Waals surface area (Å²) in [6.07, 6.45) is 0.886. The average molecular weight is 521 g/mol. The molecule has 1 aliphatic rings. The first-order chi connectivity index (χ1) is 15.0. The lowest BCUT2D eigenvalue weighted by atomic mass is 10.1. The fourth-order valence-electron chi connectivity index (χ4n) is 3.46. The fourth-order valence-corrected chi connectivity index (χ4v) is 5.00. The van der Waals surface area contributed by atoms with Crippen molar-refractivity contribution in [3.63, 3.8) is 0 Å². The van der Waals surface area contributed by atoms with E-state index >= 15 is 0 Å². The van der Waals surface area contributed by atoms with E-state index in [1.54, 1.807) is 11.3 Å². The molecular formula is C22H23BrClN5OS. The molecule has 1 N–H and O–H groups in total. The van der Waals surface area contributed by atoms with Crippen molar-refractivity contribution in [1.82, 2.24) is 9.88 Å². The molecule has 0 unspecified atom stereocenters. The molecule has 1 saturated heterocycles. The summed E-state index contributed by atoms with van der Waals surface area (Å²) in [4.78, 5) is 21.8. The molecule has 6 nitrogen and oxygen atoms in total. The molecule has 0 atom stereocenters. The van der Waals surface area contributed by atoms with Crippen molar-refractivity contribution in [2.24, 2.45) is 5.10 Å². The number of aromatic nitrogens is 1. The molecule has 4 rings (SSSR count). The lowest BCUT2D eigenvalue weighted by Gasteiger charge is -2.36. The van der Waals surface area contributed by atoms with Gasteiger partial charge in [0.1, 0.15) is 5.52 Å². The molecule has 0 saturated carbocycles. The Balaban J connectivity index is 1.53. The van der Waals surface area contributed by atoms with Gasteiger partial charge in [-0.25, -0.2) is 4.98 Å². The molecule has 2 aromatic carbocycles. The number of hydrazone groups is 1. The number of fused-ring (bicyclic) bond motifs is 1. The third-order valence-electron chi connectivity index (χ3n) is 5.33. The number of hydrogen-bond acceptors (Lipinski definition) is 6. The summed E-state index contributed by atoms with van der Waals surface area (Å²) in [5.74, 6) is 0.0423. The number of rotatable bonds is 5. The number of benzene rings is 2. The van der Waals surface area contributed by atoms with Crippen LogP contribution in [0.15, 0.2) is 46.0 Å². The van der Waals surface area contributed by atoms with Gasteiger partial charge in [-0.1, -0.05) is 42.0 Å². The number of thiazole rings is 1. The summed E-state index contributed by atoms with van der Waals surface area (Å²) in [5, 5.41) is 5.77. The van der Waals surface area contributed by atoms with Crippen LogP contribution in [-0.2, 0) is 0 Å². The zero-order valence-electron chi connectivity index (χ0n) is 17.4. The molecule has 1 aromatic heterocycles. The lowest BCUT2D eigenvalue weighted by molar-refractivity contribution is 0.0746. The minimum Gasteiger partial charge on any atom is -0.365 e. The average Bonchev–Trinajstić information content (AvgIpc) is 3.20. The Hall–Kier alpha value is -2.16. The van der Waals surface area contributed by atoms with Crippen LogP contribution in [0.2, 0.25) is 5.02 Å². The third kappa shape index (κ3) is 4.71. The summed E-state index contributed by atoms with van der Waals surface area (Å²) in [7, 11) is 0. The number of piperazine rings is 1. The van der Waals surface area contributed by atoms with E-state index in [1.165, 1.54) is 0 Å². The summed E-state index contributed by atoms with van der Waals surface area (Å²) in [6, 6.07) is 11.4. The van der Waals surface area contributed by atoms with Gasteiger partial charge in [-0.2, -0.15) is 5.10 Å². The van der Waals surface area contributed by atoms with Crippen molar-refractivity contribution in [1.29, 1.82) is 0 Å². The first kappa shape index (κ1) is 22.0. The van der Waals surface area contributed by atoms with Gasteiger partial charge < -0.3 is 9.80 Å². The van der Waals surface area contributed by atoms with E-state index in [9.17, 15) is 4.79 Å². The minimum absolute atomic E-state index is 0.0423. The second-order valence-corrected chi connectivity index (χ2v) is 9.63. The van der Waals surface area contributed by atoms with Crippen LogP contribution in [0.25, 0.3) is 10.2 Å². The van der Waals surface area contributed by atoms with Crippen molar-refractivity contribution >= 4 is 71.5 Å². The van der Waals surface area contributed by atoms with Gasteiger partial charge >= 0.3 is 0 Å². The summed E-state index contributed by atoms with van der Waals surface area (Å²) >= 11 is 11.6. The molecule has 31 heavy (non-hydrogen) atoms. The highest BCUT2D eigenvalue weighted by Crippen LogP contribution is 2.38. The van der Waals surface area contributed by atoms with Gasteiger partial charge in [0.2, 0.25) is 5.13 Å². The van der Waals surface area contributed by atoms with E-state index in [-0.39, 0.29) is 5.91 Å². The number of amides is 1. The topological polar surface area (TPSA) is 60.8 Å². The lowest BCUT2D eigenvalue weighted by Crippen LogP contribution is -2.49. The van der Waals surface area contributed by atoms with Crippen LogP contribution in [0.4, 0.5) is 10.8 Å². The third-order valence-corrected chi connectivity index (χ3v) is 7.25. The van der Waals surface area contributed by atoms with Gasteiger partial charge in [0, 0.05) is 36.4 Å². The van der Waals surface area contributed by atoms with Gasteiger partial charge in [0.15, 0.2) is 0 Å². The molecular weight excluding hydrogens is 498 g/mol. The Morgan fingerprint density at radius 3 is 2.68 bits per heavy atom. The predicted molar refractivity (Wildman–Crippen MR) is 134 cm³/mol. The molecule has 0 bridgehead atoms. The SMILES string of the molecule is CC/C(C)=N/Nc1nc2c(N3CCN(C(=O)c4ccccc4Br)CC3)c(Cl)ccc2s1. The largest absolute Gasteiger partial charge is 0.365 e. The minimum atomic E-state index is 0.0423. The van der Waals surface area contributed by atoms with E-state index in [0.717, 1.165) is 37.6 Å². The Kier molecular flexibility index (Phi) is 6.79. The van der Waals surface area contributed by atoms with Crippen molar-refractivity contribution in [3.8, 4) is 0 Å². The van der Waals surface area contributed by atoms with Crippen molar-refractivity contribution in [3.05, 3.63) is 51.5 Å². The Labute approximate surface area is 199 Å². The number of carbonyl (C=O) groups is 1. The number of hydrogen-bond donors (Lipinski definition) is 1. The molecule has 2 heterocycles. The molecule has 0 aliphatic carbocycles. The van der Waals surface area contributed by atoms with Crippen LogP contribution < -0.4 is 10.3 Å².